The molecule has 0 N–H and O–H groups in total. The zero-order chi connectivity index (χ0) is 12.0. The normalized spacial score (nSPS) is 42.1. The highest BCUT2D eigenvalue weighted by molar-refractivity contribution is 6.03. The van der Waals surface area contributed by atoms with Gasteiger partial charge in [0.15, 0.2) is 5.78 Å². The molecule has 3 aliphatic carbocycles. The van der Waals surface area contributed by atoms with Gasteiger partial charge in [-0.25, -0.2) is 0 Å². The molecule has 0 saturated heterocycles. The standard InChI is InChI=1S/C16H24O/c1-11-8-9-14-12-6-4-3-5-7-13(12)15(17)16(14,2)10-11/h11,14H,3-10H2,1-2H3/t11-,14+,16+/m0/s1. The van der Waals surface area contributed by atoms with E-state index >= 15 is 0 Å². The second-order valence-corrected chi connectivity index (χ2v) is 6.75. The summed E-state index contributed by atoms with van der Waals surface area (Å²) >= 11 is 0. The Morgan fingerprint density at radius 1 is 1.12 bits per heavy atom. The van der Waals surface area contributed by atoms with Crippen LogP contribution in [0.15, 0.2) is 11.1 Å². The summed E-state index contributed by atoms with van der Waals surface area (Å²) in [6.07, 6.45) is 9.89. The lowest BCUT2D eigenvalue weighted by molar-refractivity contribution is -0.127. The molecule has 0 radical (unpaired) electrons. The van der Waals surface area contributed by atoms with Crippen molar-refractivity contribution in [2.24, 2.45) is 17.3 Å². The first-order chi connectivity index (χ1) is 8.13. The molecule has 3 rings (SSSR count). The van der Waals surface area contributed by atoms with Gasteiger partial charge in [0, 0.05) is 5.41 Å². The van der Waals surface area contributed by atoms with Crippen molar-refractivity contribution in [1.29, 1.82) is 0 Å². The summed E-state index contributed by atoms with van der Waals surface area (Å²) in [6, 6.07) is 0. The highest BCUT2D eigenvalue weighted by Gasteiger charge is 2.52. The molecule has 0 aromatic rings. The molecule has 0 spiro atoms. The fraction of sp³-hybridized carbons (Fsp3) is 0.812. The average molecular weight is 232 g/mol. The maximum absolute atomic E-state index is 12.7. The molecule has 1 fully saturated rings. The largest absolute Gasteiger partial charge is 0.294 e. The van der Waals surface area contributed by atoms with Gasteiger partial charge in [-0.3, -0.25) is 4.79 Å². The van der Waals surface area contributed by atoms with Crippen LogP contribution < -0.4 is 0 Å². The van der Waals surface area contributed by atoms with Crippen LogP contribution in [0.3, 0.4) is 0 Å². The molecule has 1 heteroatoms. The Bertz CT molecular complexity index is 379. The summed E-state index contributed by atoms with van der Waals surface area (Å²) in [7, 11) is 0. The monoisotopic (exact) mass is 232 g/mol. The number of Topliss-reactive ketones (excluding diaryl/α,β-unsaturated/α-hetero) is 1. The molecule has 0 heterocycles. The Kier molecular flexibility index (Phi) is 2.68. The fourth-order valence-corrected chi connectivity index (χ4v) is 4.64. The molecule has 3 atom stereocenters. The van der Waals surface area contributed by atoms with Crippen molar-refractivity contribution in [3.8, 4) is 0 Å². The predicted molar refractivity (Wildman–Crippen MR) is 69.7 cm³/mol. The SMILES string of the molecule is C[C@H]1CC[C@@H]2C3=C(CCCCC3)C(=O)[C@]2(C)C1. The quantitative estimate of drug-likeness (QED) is 0.609. The average Bonchev–Trinajstić information content (AvgIpc) is 2.49. The van der Waals surface area contributed by atoms with Crippen molar-refractivity contribution in [3.05, 3.63) is 11.1 Å². The summed E-state index contributed by atoms with van der Waals surface area (Å²) in [6.45, 7) is 4.57. The van der Waals surface area contributed by atoms with Crippen LogP contribution in [0, 0.1) is 17.3 Å². The minimum atomic E-state index is -0.0142. The third-order valence-corrected chi connectivity index (χ3v) is 5.46. The predicted octanol–water partition coefficient (Wildman–Crippen LogP) is 4.27. The lowest BCUT2D eigenvalue weighted by Gasteiger charge is -2.39. The topological polar surface area (TPSA) is 17.1 Å². The number of hydrogen-bond acceptors (Lipinski definition) is 1. The van der Waals surface area contributed by atoms with Gasteiger partial charge in [0.2, 0.25) is 0 Å². The molecule has 0 aromatic carbocycles. The van der Waals surface area contributed by atoms with Crippen molar-refractivity contribution in [2.45, 2.75) is 65.2 Å². The van der Waals surface area contributed by atoms with E-state index in [0.717, 1.165) is 18.8 Å². The summed E-state index contributed by atoms with van der Waals surface area (Å²) in [5.41, 5.74) is 2.84. The molecule has 0 bridgehead atoms. The number of allylic oxidation sites excluding steroid dienone is 2. The van der Waals surface area contributed by atoms with Crippen molar-refractivity contribution in [1.82, 2.24) is 0 Å². The number of carbonyl (C=O) groups is 1. The van der Waals surface area contributed by atoms with Crippen LogP contribution in [0.5, 0.6) is 0 Å². The molecular weight excluding hydrogens is 208 g/mol. The molecule has 1 saturated carbocycles. The van der Waals surface area contributed by atoms with Gasteiger partial charge in [0.1, 0.15) is 0 Å². The Hall–Kier alpha value is -0.590. The van der Waals surface area contributed by atoms with Gasteiger partial charge in [-0.1, -0.05) is 32.3 Å². The molecule has 0 aliphatic heterocycles. The molecule has 1 nitrogen and oxygen atoms in total. The van der Waals surface area contributed by atoms with Crippen LogP contribution in [0.4, 0.5) is 0 Å². The first kappa shape index (κ1) is 11.5. The zero-order valence-corrected chi connectivity index (χ0v) is 11.2. The van der Waals surface area contributed by atoms with Crippen LogP contribution in [-0.2, 0) is 4.79 Å². The van der Waals surface area contributed by atoms with Crippen LogP contribution in [-0.4, -0.2) is 5.78 Å². The van der Waals surface area contributed by atoms with E-state index < -0.39 is 0 Å². The van der Waals surface area contributed by atoms with Crippen molar-refractivity contribution in [3.63, 3.8) is 0 Å². The Balaban J connectivity index is 1.97. The molecule has 0 unspecified atom stereocenters. The number of fused-ring (bicyclic) bond motifs is 2. The van der Waals surface area contributed by atoms with E-state index in [0.29, 0.717) is 11.7 Å². The van der Waals surface area contributed by atoms with Gasteiger partial charge in [0.05, 0.1) is 0 Å². The number of hydrogen-bond donors (Lipinski definition) is 0. The smallest absolute Gasteiger partial charge is 0.165 e. The van der Waals surface area contributed by atoms with Gasteiger partial charge in [-0.05, 0) is 55.9 Å². The fourth-order valence-electron chi connectivity index (χ4n) is 4.64. The Morgan fingerprint density at radius 2 is 1.88 bits per heavy atom. The van der Waals surface area contributed by atoms with Gasteiger partial charge in [-0.15, -0.1) is 0 Å². The van der Waals surface area contributed by atoms with E-state index in [1.54, 1.807) is 5.57 Å². The van der Waals surface area contributed by atoms with E-state index in [1.807, 2.05) is 0 Å². The molecular formula is C16H24O. The molecule has 0 aromatic heterocycles. The van der Waals surface area contributed by atoms with Gasteiger partial charge in [-0.2, -0.15) is 0 Å². The maximum Gasteiger partial charge on any atom is 0.165 e. The Labute approximate surface area is 105 Å². The van der Waals surface area contributed by atoms with Gasteiger partial charge in [0.25, 0.3) is 0 Å². The minimum absolute atomic E-state index is 0.0142. The number of carbonyl (C=O) groups excluding carboxylic acids is 1. The molecule has 3 aliphatic rings. The third-order valence-electron chi connectivity index (χ3n) is 5.46. The molecule has 17 heavy (non-hydrogen) atoms. The minimum Gasteiger partial charge on any atom is -0.294 e. The van der Waals surface area contributed by atoms with Crippen LogP contribution in [0.2, 0.25) is 0 Å². The van der Waals surface area contributed by atoms with E-state index in [9.17, 15) is 4.79 Å². The molecule has 94 valence electrons. The lowest BCUT2D eigenvalue weighted by Crippen LogP contribution is -2.37. The van der Waals surface area contributed by atoms with E-state index in [2.05, 4.69) is 13.8 Å². The first-order valence-electron chi connectivity index (χ1n) is 7.39. The van der Waals surface area contributed by atoms with Crippen LogP contribution in [0.25, 0.3) is 0 Å². The van der Waals surface area contributed by atoms with E-state index in [-0.39, 0.29) is 5.41 Å². The second-order valence-electron chi connectivity index (χ2n) is 6.75. The highest BCUT2D eigenvalue weighted by atomic mass is 16.1. The number of ketones is 1. The van der Waals surface area contributed by atoms with Crippen LogP contribution >= 0.6 is 0 Å². The molecule has 0 amide bonds. The summed E-state index contributed by atoms with van der Waals surface area (Å²) in [5.74, 6) is 1.88. The maximum atomic E-state index is 12.7. The summed E-state index contributed by atoms with van der Waals surface area (Å²) < 4.78 is 0. The van der Waals surface area contributed by atoms with Crippen molar-refractivity contribution >= 4 is 5.78 Å². The third kappa shape index (κ3) is 1.62. The van der Waals surface area contributed by atoms with E-state index in [4.69, 9.17) is 0 Å². The zero-order valence-electron chi connectivity index (χ0n) is 11.2. The van der Waals surface area contributed by atoms with E-state index in [1.165, 1.54) is 44.1 Å². The highest BCUT2D eigenvalue weighted by Crippen LogP contribution is 2.56. The summed E-state index contributed by atoms with van der Waals surface area (Å²) in [5, 5.41) is 0. The lowest BCUT2D eigenvalue weighted by atomic mass is 9.63. The second kappa shape index (κ2) is 3.96. The summed E-state index contributed by atoms with van der Waals surface area (Å²) in [4.78, 5) is 12.7. The van der Waals surface area contributed by atoms with Gasteiger partial charge >= 0.3 is 0 Å². The van der Waals surface area contributed by atoms with Crippen molar-refractivity contribution < 1.29 is 4.79 Å². The van der Waals surface area contributed by atoms with Crippen molar-refractivity contribution in [2.75, 3.05) is 0 Å². The van der Waals surface area contributed by atoms with Crippen LogP contribution in [0.1, 0.15) is 65.2 Å². The number of rotatable bonds is 0. The van der Waals surface area contributed by atoms with Gasteiger partial charge < -0.3 is 0 Å². The first-order valence-corrected chi connectivity index (χ1v) is 7.39. The Morgan fingerprint density at radius 3 is 2.71 bits per heavy atom.